The van der Waals surface area contributed by atoms with E-state index in [9.17, 15) is 0 Å². The molecule has 0 aliphatic rings. The molecule has 84 valence electrons. The molecule has 0 aliphatic heterocycles. The third kappa shape index (κ3) is 3.47. The zero-order valence-corrected chi connectivity index (χ0v) is 9.87. The van der Waals surface area contributed by atoms with Crippen LogP contribution in [0, 0.1) is 6.92 Å². The maximum Gasteiger partial charge on any atom is 0.136 e. The van der Waals surface area contributed by atoms with Crippen molar-refractivity contribution < 1.29 is 4.74 Å². The van der Waals surface area contributed by atoms with Crippen LogP contribution < -0.4 is 5.32 Å². The number of methoxy groups -OCH3 is 1. The summed E-state index contributed by atoms with van der Waals surface area (Å²) in [4.78, 5) is 8.84. The average molecular weight is 209 g/mol. The molecular formula is C11H19N3O. The van der Waals surface area contributed by atoms with Crippen molar-refractivity contribution in [2.75, 3.05) is 25.6 Å². The fourth-order valence-electron chi connectivity index (χ4n) is 1.41. The normalized spacial score (nSPS) is 12.5. The summed E-state index contributed by atoms with van der Waals surface area (Å²) in [5.74, 6) is 1.96. The lowest BCUT2D eigenvalue weighted by Gasteiger charge is -2.11. The number of rotatable bonds is 5. The maximum absolute atomic E-state index is 5.10. The maximum atomic E-state index is 5.10. The van der Waals surface area contributed by atoms with Crippen molar-refractivity contribution in [2.45, 2.75) is 26.7 Å². The van der Waals surface area contributed by atoms with Crippen LogP contribution in [0.2, 0.25) is 0 Å². The van der Waals surface area contributed by atoms with Crippen LogP contribution in [0.3, 0.4) is 0 Å². The van der Waals surface area contributed by atoms with E-state index in [4.69, 9.17) is 4.74 Å². The smallest absolute Gasteiger partial charge is 0.136 e. The molecule has 4 heteroatoms. The molecule has 4 nitrogen and oxygen atoms in total. The Bertz CT molecular complexity index is 315. The number of hydrogen-bond acceptors (Lipinski definition) is 4. The standard InChI is InChI=1S/C11H19N3O/c1-5-12-10-6-9(3)13-11(14-10)8(2)7-15-4/h6,8H,5,7H2,1-4H3,(H,12,13,14). The number of nitrogens with one attached hydrogen (secondary N) is 1. The summed E-state index contributed by atoms with van der Waals surface area (Å²) >= 11 is 0. The summed E-state index contributed by atoms with van der Waals surface area (Å²) in [5, 5.41) is 3.19. The quantitative estimate of drug-likeness (QED) is 0.805. The molecule has 1 heterocycles. The second-order valence-corrected chi connectivity index (χ2v) is 3.64. The highest BCUT2D eigenvalue weighted by Crippen LogP contribution is 2.14. The Morgan fingerprint density at radius 3 is 2.80 bits per heavy atom. The molecule has 0 saturated carbocycles. The fraction of sp³-hybridized carbons (Fsp3) is 0.636. The predicted octanol–water partition coefficient (Wildman–Crippen LogP) is 1.97. The molecule has 1 atom stereocenters. The van der Waals surface area contributed by atoms with Gasteiger partial charge in [-0.2, -0.15) is 0 Å². The van der Waals surface area contributed by atoms with E-state index in [1.165, 1.54) is 0 Å². The molecule has 0 fully saturated rings. The van der Waals surface area contributed by atoms with Crippen molar-refractivity contribution >= 4 is 5.82 Å². The predicted molar refractivity (Wildman–Crippen MR) is 61.2 cm³/mol. The van der Waals surface area contributed by atoms with E-state index >= 15 is 0 Å². The van der Waals surface area contributed by atoms with Crippen molar-refractivity contribution in [1.82, 2.24) is 9.97 Å². The van der Waals surface area contributed by atoms with Crippen molar-refractivity contribution in [3.63, 3.8) is 0 Å². The number of ether oxygens (including phenoxy) is 1. The molecule has 1 N–H and O–H groups in total. The van der Waals surface area contributed by atoms with Gasteiger partial charge in [0.25, 0.3) is 0 Å². The summed E-state index contributed by atoms with van der Waals surface area (Å²) in [6, 6.07) is 1.95. The number of aryl methyl sites for hydroxylation is 1. The first-order valence-electron chi connectivity index (χ1n) is 5.25. The van der Waals surface area contributed by atoms with Gasteiger partial charge >= 0.3 is 0 Å². The van der Waals surface area contributed by atoms with Gasteiger partial charge in [0, 0.05) is 31.3 Å². The minimum atomic E-state index is 0.229. The second-order valence-electron chi connectivity index (χ2n) is 3.64. The fourth-order valence-corrected chi connectivity index (χ4v) is 1.41. The summed E-state index contributed by atoms with van der Waals surface area (Å²) in [7, 11) is 1.69. The lowest BCUT2D eigenvalue weighted by Crippen LogP contribution is -2.10. The Hall–Kier alpha value is -1.16. The topological polar surface area (TPSA) is 47.0 Å². The Labute approximate surface area is 91.1 Å². The van der Waals surface area contributed by atoms with E-state index in [0.29, 0.717) is 6.61 Å². The minimum absolute atomic E-state index is 0.229. The van der Waals surface area contributed by atoms with Gasteiger partial charge in [0.05, 0.1) is 6.61 Å². The Morgan fingerprint density at radius 2 is 2.20 bits per heavy atom. The number of aromatic nitrogens is 2. The molecular weight excluding hydrogens is 190 g/mol. The zero-order valence-electron chi connectivity index (χ0n) is 9.87. The minimum Gasteiger partial charge on any atom is -0.384 e. The van der Waals surface area contributed by atoms with E-state index in [2.05, 4.69) is 29.1 Å². The van der Waals surface area contributed by atoms with Gasteiger partial charge in [0.2, 0.25) is 0 Å². The van der Waals surface area contributed by atoms with Crippen LogP contribution in [-0.2, 0) is 4.74 Å². The number of nitrogens with zero attached hydrogens (tertiary/aromatic N) is 2. The molecule has 1 rings (SSSR count). The molecule has 15 heavy (non-hydrogen) atoms. The highest BCUT2D eigenvalue weighted by atomic mass is 16.5. The van der Waals surface area contributed by atoms with E-state index in [1.54, 1.807) is 7.11 Å². The van der Waals surface area contributed by atoms with Gasteiger partial charge in [0.1, 0.15) is 11.6 Å². The molecule has 0 bridgehead atoms. The molecule has 0 aromatic carbocycles. The van der Waals surface area contributed by atoms with E-state index < -0.39 is 0 Å². The highest BCUT2D eigenvalue weighted by molar-refractivity contribution is 5.35. The molecule has 0 spiro atoms. The number of hydrogen-bond donors (Lipinski definition) is 1. The highest BCUT2D eigenvalue weighted by Gasteiger charge is 2.10. The zero-order chi connectivity index (χ0) is 11.3. The lowest BCUT2D eigenvalue weighted by molar-refractivity contribution is 0.181. The summed E-state index contributed by atoms with van der Waals surface area (Å²) in [6.45, 7) is 7.61. The average Bonchev–Trinajstić information content (AvgIpc) is 2.17. The number of anilines is 1. The van der Waals surface area contributed by atoms with Crippen molar-refractivity contribution in [1.29, 1.82) is 0 Å². The van der Waals surface area contributed by atoms with Gasteiger partial charge in [-0.3, -0.25) is 0 Å². The first-order valence-corrected chi connectivity index (χ1v) is 5.25. The molecule has 0 saturated heterocycles. The molecule has 1 aromatic heterocycles. The lowest BCUT2D eigenvalue weighted by atomic mass is 10.2. The molecule has 1 unspecified atom stereocenters. The van der Waals surface area contributed by atoms with Crippen LogP contribution >= 0.6 is 0 Å². The van der Waals surface area contributed by atoms with Crippen LogP contribution in [0.5, 0.6) is 0 Å². The molecule has 1 aromatic rings. The van der Waals surface area contributed by atoms with Gasteiger partial charge < -0.3 is 10.1 Å². The summed E-state index contributed by atoms with van der Waals surface area (Å²) < 4.78 is 5.10. The SMILES string of the molecule is CCNc1cc(C)nc(C(C)COC)n1. The Balaban J connectivity index is 2.87. The van der Waals surface area contributed by atoms with E-state index in [-0.39, 0.29) is 5.92 Å². The van der Waals surface area contributed by atoms with Crippen molar-refractivity contribution in [2.24, 2.45) is 0 Å². The monoisotopic (exact) mass is 209 g/mol. The first kappa shape index (κ1) is 11.9. The van der Waals surface area contributed by atoms with Crippen molar-refractivity contribution in [3.8, 4) is 0 Å². The Kier molecular flexibility index (Phi) is 4.49. The molecule has 0 amide bonds. The van der Waals surface area contributed by atoms with Gasteiger partial charge in [-0.1, -0.05) is 6.92 Å². The molecule has 0 radical (unpaired) electrons. The van der Waals surface area contributed by atoms with Crippen LogP contribution in [0.15, 0.2) is 6.07 Å². The van der Waals surface area contributed by atoms with Gasteiger partial charge in [-0.15, -0.1) is 0 Å². The van der Waals surface area contributed by atoms with Gasteiger partial charge in [0.15, 0.2) is 0 Å². The van der Waals surface area contributed by atoms with Gasteiger partial charge in [-0.25, -0.2) is 9.97 Å². The summed E-state index contributed by atoms with van der Waals surface area (Å²) in [6.07, 6.45) is 0. The van der Waals surface area contributed by atoms with E-state index in [1.807, 2.05) is 13.0 Å². The van der Waals surface area contributed by atoms with E-state index in [0.717, 1.165) is 23.9 Å². The van der Waals surface area contributed by atoms with Crippen LogP contribution in [0.4, 0.5) is 5.82 Å². The van der Waals surface area contributed by atoms with Crippen LogP contribution in [-0.4, -0.2) is 30.2 Å². The van der Waals surface area contributed by atoms with Crippen molar-refractivity contribution in [3.05, 3.63) is 17.6 Å². The summed E-state index contributed by atoms with van der Waals surface area (Å²) in [5.41, 5.74) is 0.985. The van der Waals surface area contributed by atoms with Crippen LogP contribution in [0.1, 0.15) is 31.3 Å². The first-order chi connectivity index (χ1) is 7.17. The largest absolute Gasteiger partial charge is 0.384 e. The third-order valence-corrected chi connectivity index (χ3v) is 2.09. The Morgan fingerprint density at radius 1 is 1.47 bits per heavy atom. The molecule has 0 aliphatic carbocycles. The second kappa shape index (κ2) is 5.66. The van der Waals surface area contributed by atoms with Crippen LogP contribution in [0.25, 0.3) is 0 Å². The third-order valence-electron chi connectivity index (χ3n) is 2.09. The van der Waals surface area contributed by atoms with Gasteiger partial charge in [-0.05, 0) is 13.8 Å².